The van der Waals surface area contributed by atoms with Crippen LogP contribution in [-0.4, -0.2) is 32.8 Å². The Bertz CT molecular complexity index is 451. The molecule has 0 heterocycles. The lowest BCUT2D eigenvalue weighted by molar-refractivity contribution is 0.414. The predicted molar refractivity (Wildman–Crippen MR) is 76.4 cm³/mol. The van der Waals surface area contributed by atoms with Gasteiger partial charge in [-0.3, -0.25) is 5.32 Å². The Morgan fingerprint density at radius 1 is 1.47 bits per heavy atom. The summed E-state index contributed by atoms with van der Waals surface area (Å²) in [5.41, 5.74) is 1.06. The molecule has 4 heteroatoms. The summed E-state index contributed by atoms with van der Waals surface area (Å²) in [6, 6.07) is 10.8. The largest absolute Gasteiger partial charge is 0.495 e. The molecule has 1 saturated carbocycles. The van der Waals surface area contributed by atoms with Gasteiger partial charge in [-0.05, 0) is 31.4 Å². The third-order valence-corrected chi connectivity index (χ3v) is 3.42. The van der Waals surface area contributed by atoms with E-state index < -0.39 is 0 Å². The second-order valence-corrected chi connectivity index (χ2v) is 5.00. The molecule has 1 atom stereocenters. The number of hydrogen-bond acceptors (Lipinski definition) is 4. The lowest BCUT2D eigenvalue weighted by Crippen LogP contribution is -2.33. The average molecular weight is 259 g/mol. The standard InChI is InChI=1S/C15H21N3O/c1-18(14-5-3-4-6-15(14)19-2)10-9-13(11-16)17-12-7-8-12/h3-6,12-13,17H,7-10H2,1-2H3. The number of para-hydroxylation sites is 2. The minimum atomic E-state index is -0.0512. The van der Waals surface area contributed by atoms with Gasteiger partial charge < -0.3 is 9.64 Å². The van der Waals surface area contributed by atoms with Crippen molar-refractivity contribution in [3.05, 3.63) is 24.3 Å². The highest BCUT2D eigenvalue weighted by Gasteiger charge is 2.24. The molecular weight excluding hydrogens is 238 g/mol. The summed E-state index contributed by atoms with van der Waals surface area (Å²) in [4.78, 5) is 2.14. The Morgan fingerprint density at radius 3 is 2.84 bits per heavy atom. The van der Waals surface area contributed by atoms with Gasteiger partial charge in [0.05, 0.1) is 24.9 Å². The number of ether oxygens (including phenoxy) is 1. The van der Waals surface area contributed by atoms with E-state index in [0.717, 1.165) is 24.4 Å². The molecule has 0 radical (unpaired) electrons. The quantitative estimate of drug-likeness (QED) is 0.815. The van der Waals surface area contributed by atoms with E-state index in [0.29, 0.717) is 6.04 Å². The molecular formula is C15H21N3O. The van der Waals surface area contributed by atoms with Crippen molar-refractivity contribution in [3.63, 3.8) is 0 Å². The van der Waals surface area contributed by atoms with Crippen molar-refractivity contribution < 1.29 is 4.74 Å². The van der Waals surface area contributed by atoms with Crippen molar-refractivity contribution in [1.29, 1.82) is 5.26 Å². The first-order chi connectivity index (χ1) is 9.24. The van der Waals surface area contributed by atoms with E-state index in [-0.39, 0.29) is 6.04 Å². The molecule has 1 N–H and O–H groups in total. The molecule has 0 amide bonds. The Balaban J connectivity index is 1.89. The van der Waals surface area contributed by atoms with Crippen molar-refractivity contribution in [3.8, 4) is 11.8 Å². The molecule has 0 bridgehead atoms. The molecule has 0 saturated heterocycles. The summed E-state index contributed by atoms with van der Waals surface area (Å²) in [7, 11) is 3.71. The molecule has 0 aliphatic heterocycles. The van der Waals surface area contributed by atoms with Gasteiger partial charge in [-0.15, -0.1) is 0 Å². The van der Waals surface area contributed by atoms with Crippen molar-refractivity contribution in [2.75, 3.05) is 25.6 Å². The van der Waals surface area contributed by atoms with Crippen LogP contribution in [0.1, 0.15) is 19.3 Å². The van der Waals surface area contributed by atoms with Crippen LogP contribution in [0.3, 0.4) is 0 Å². The smallest absolute Gasteiger partial charge is 0.142 e. The van der Waals surface area contributed by atoms with Gasteiger partial charge in [0, 0.05) is 19.6 Å². The molecule has 1 aliphatic rings. The van der Waals surface area contributed by atoms with Gasteiger partial charge in [0.25, 0.3) is 0 Å². The summed E-state index contributed by atoms with van der Waals surface area (Å²) in [6.45, 7) is 0.832. The molecule has 1 fully saturated rings. The van der Waals surface area contributed by atoms with Gasteiger partial charge in [0.1, 0.15) is 5.75 Å². The Morgan fingerprint density at radius 2 is 2.21 bits per heavy atom. The first-order valence-corrected chi connectivity index (χ1v) is 6.74. The molecule has 0 spiro atoms. The lowest BCUT2D eigenvalue weighted by Gasteiger charge is -2.23. The van der Waals surface area contributed by atoms with E-state index >= 15 is 0 Å². The first-order valence-electron chi connectivity index (χ1n) is 6.74. The number of benzene rings is 1. The summed E-state index contributed by atoms with van der Waals surface area (Å²) in [5.74, 6) is 0.869. The van der Waals surface area contributed by atoms with E-state index in [9.17, 15) is 0 Å². The third-order valence-electron chi connectivity index (χ3n) is 3.42. The fraction of sp³-hybridized carbons (Fsp3) is 0.533. The van der Waals surface area contributed by atoms with Crippen LogP contribution >= 0.6 is 0 Å². The Labute approximate surface area is 115 Å². The van der Waals surface area contributed by atoms with Crippen LogP contribution in [-0.2, 0) is 0 Å². The van der Waals surface area contributed by atoms with Crippen LogP contribution in [0.4, 0.5) is 5.69 Å². The SMILES string of the molecule is COc1ccccc1N(C)CCC(C#N)NC1CC1. The number of nitrogens with one attached hydrogen (secondary N) is 1. The molecule has 4 nitrogen and oxygen atoms in total. The number of rotatable bonds is 7. The molecule has 1 aromatic carbocycles. The highest BCUT2D eigenvalue weighted by Crippen LogP contribution is 2.26. The minimum Gasteiger partial charge on any atom is -0.495 e. The topological polar surface area (TPSA) is 48.3 Å². The first kappa shape index (κ1) is 13.7. The van der Waals surface area contributed by atoms with Gasteiger partial charge in [-0.2, -0.15) is 5.26 Å². The number of nitriles is 1. The fourth-order valence-corrected chi connectivity index (χ4v) is 2.11. The van der Waals surface area contributed by atoms with E-state index in [2.05, 4.69) is 16.3 Å². The fourth-order valence-electron chi connectivity index (χ4n) is 2.11. The molecule has 102 valence electrons. The zero-order valence-electron chi connectivity index (χ0n) is 11.6. The van der Waals surface area contributed by atoms with E-state index in [1.54, 1.807) is 7.11 Å². The third kappa shape index (κ3) is 3.87. The predicted octanol–water partition coefficient (Wildman–Crippen LogP) is 2.17. The van der Waals surface area contributed by atoms with Crippen LogP contribution in [0, 0.1) is 11.3 Å². The van der Waals surface area contributed by atoms with Crippen molar-refractivity contribution in [2.24, 2.45) is 0 Å². The van der Waals surface area contributed by atoms with Gasteiger partial charge in [0.2, 0.25) is 0 Å². The zero-order valence-corrected chi connectivity index (χ0v) is 11.6. The normalized spacial score (nSPS) is 15.6. The van der Waals surface area contributed by atoms with Crippen LogP contribution in [0.15, 0.2) is 24.3 Å². The summed E-state index contributed by atoms with van der Waals surface area (Å²) in [5, 5.41) is 12.5. The van der Waals surface area contributed by atoms with Crippen molar-refractivity contribution >= 4 is 5.69 Å². The number of anilines is 1. The molecule has 0 aromatic heterocycles. The summed E-state index contributed by atoms with van der Waals surface area (Å²) < 4.78 is 5.35. The number of methoxy groups -OCH3 is 1. The molecule has 2 rings (SSSR count). The van der Waals surface area contributed by atoms with Crippen LogP contribution in [0.25, 0.3) is 0 Å². The molecule has 1 aromatic rings. The average Bonchev–Trinajstić information content (AvgIpc) is 3.26. The Kier molecular flexibility index (Phi) is 4.64. The maximum Gasteiger partial charge on any atom is 0.142 e. The van der Waals surface area contributed by atoms with E-state index in [1.807, 2.05) is 31.3 Å². The zero-order chi connectivity index (χ0) is 13.7. The monoisotopic (exact) mass is 259 g/mol. The summed E-state index contributed by atoms with van der Waals surface area (Å²) in [6.07, 6.45) is 3.24. The number of nitrogens with zero attached hydrogens (tertiary/aromatic N) is 2. The van der Waals surface area contributed by atoms with E-state index in [1.165, 1.54) is 12.8 Å². The highest BCUT2D eigenvalue weighted by molar-refractivity contribution is 5.57. The van der Waals surface area contributed by atoms with E-state index in [4.69, 9.17) is 10.00 Å². The molecule has 1 aliphatic carbocycles. The van der Waals surface area contributed by atoms with Gasteiger partial charge in [-0.25, -0.2) is 0 Å². The van der Waals surface area contributed by atoms with Crippen molar-refractivity contribution in [1.82, 2.24) is 5.32 Å². The summed E-state index contributed by atoms with van der Waals surface area (Å²) >= 11 is 0. The van der Waals surface area contributed by atoms with Gasteiger partial charge >= 0.3 is 0 Å². The Hall–Kier alpha value is -1.73. The highest BCUT2D eigenvalue weighted by atomic mass is 16.5. The van der Waals surface area contributed by atoms with Gasteiger partial charge in [0.15, 0.2) is 0 Å². The van der Waals surface area contributed by atoms with Crippen LogP contribution < -0.4 is 15.0 Å². The molecule has 19 heavy (non-hydrogen) atoms. The maximum absolute atomic E-state index is 9.13. The van der Waals surface area contributed by atoms with Crippen LogP contribution in [0.2, 0.25) is 0 Å². The number of hydrogen-bond donors (Lipinski definition) is 1. The minimum absolute atomic E-state index is 0.0512. The maximum atomic E-state index is 9.13. The van der Waals surface area contributed by atoms with Crippen LogP contribution in [0.5, 0.6) is 5.75 Å². The molecule has 1 unspecified atom stereocenters. The second kappa shape index (κ2) is 6.44. The van der Waals surface area contributed by atoms with Gasteiger partial charge in [-0.1, -0.05) is 12.1 Å². The second-order valence-electron chi connectivity index (χ2n) is 5.00. The lowest BCUT2D eigenvalue weighted by atomic mass is 10.2. The van der Waals surface area contributed by atoms with Crippen molar-refractivity contribution in [2.45, 2.75) is 31.3 Å².